The van der Waals surface area contributed by atoms with Gasteiger partial charge in [0.1, 0.15) is 5.75 Å². The van der Waals surface area contributed by atoms with E-state index in [0.29, 0.717) is 55.7 Å². The minimum atomic E-state index is 0. The normalized spacial score (nSPS) is 20.9. The molecule has 2 amide bonds. The van der Waals surface area contributed by atoms with Crippen LogP contribution in [-0.2, 0) is 4.79 Å². The van der Waals surface area contributed by atoms with Crippen molar-refractivity contribution >= 4 is 24.2 Å². The Balaban J connectivity index is 0.00000280. The van der Waals surface area contributed by atoms with Crippen molar-refractivity contribution in [3.8, 4) is 5.75 Å². The largest absolute Gasteiger partial charge is 0.497 e. The van der Waals surface area contributed by atoms with Crippen LogP contribution in [0, 0.1) is 11.8 Å². The van der Waals surface area contributed by atoms with Crippen LogP contribution in [0.5, 0.6) is 5.75 Å². The first kappa shape index (κ1) is 22.5. The van der Waals surface area contributed by atoms with E-state index in [1.54, 1.807) is 13.2 Å². The lowest BCUT2D eigenvalue weighted by molar-refractivity contribution is -0.134. The Morgan fingerprint density at radius 1 is 1.21 bits per heavy atom. The summed E-state index contributed by atoms with van der Waals surface area (Å²) in [5.74, 6) is 1.91. The SMILES string of the molecule is COc1cccc(C(=O)N2CCN(C(=O)CC(C)C3CCCNC3)CC2)c1.Cl. The Morgan fingerprint density at radius 3 is 2.57 bits per heavy atom. The first-order valence-electron chi connectivity index (χ1n) is 10.0. The Morgan fingerprint density at radius 2 is 1.93 bits per heavy atom. The number of carbonyl (C=O) groups excluding carboxylic acids is 2. The van der Waals surface area contributed by atoms with Crippen molar-refractivity contribution < 1.29 is 14.3 Å². The highest BCUT2D eigenvalue weighted by molar-refractivity contribution is 5.94. The average Bonchev–Trinajstić information content (AvgIpc) is 2.74. The molecule has 0 saturated carbocycles. The maximum absolute atomic E-state index is 12.7. The molecule has 1 aromatic rings. The fraction of sp³-hybridized carbons (Fsp3) is 0.619. The van der Waals surface area contributed by atoms with Gasteiger partial charge >= 0.3 is 0 Å². The van der Waals surface area contributed by atoms with Gasteiger partial charge in [0.05, 0.1) is 7.11 Å². The van der Waals surface area contributed by atoms with E-state index < -0.39 is 0 Å². The topological polar surface area (TPSA) is 61.9 Å². The maximum atomic E-state index is 12.7. The summed E-state index contributed by atoms with van der Waals surface area (Å²) in [6.45, 7) is 6.71. The summed E-state index contributed by atoms with van der Waals surface area (Å²) in [6, 6.07) is 7.23. The minimum absolute atomic E-state index is 0. The van der Waals surface area contributed by atoms with Crippen molar-refractivity contribution in [2.45, 2.75) is 26.2 Å². The van der Waals surface area contributed by atoms with Crippen molar-refractivity contribution in [2.24, 2.45) is 11.8 Å². The van der Waals surface area contributed by atoms with Gasteiger partial charge in [-0.3, -0.25) is 9.59 Å². The zero-order valence-corrected chi connectivity index (χ0v) is 17.7. The molecule has 6 nitrogen and oxygen atoms in total. The lowest BCUT2D eigenvalue weighted by Crippen LogP contribution is -2.51. The number of amides is 2. The fourth-order valence-electron chi connectivity index (χ4n) is 4.03. The number of piperidine rings is 1. The fourth-order valence-corrected chi connectivity index (χ4v) is 4.03. The van der Waals surface area contributed by atoms with Gasteiger partial charge in [-0.1, -0.05) is 13.0 Å². The van der Waals surface area contributed by atoms with Crippen molar-refractivity contribution in [1.82, 2.24) is 15.1 Å². The third-order valence-electron chi connectivity index (χ3n) is 5.87. The number of hydrogen-bond acceptors (Lipinski definition) is 4. The smallest absolute Gasteiger partial charge is 0.254 e. The first-order valence-corrected chi connectivity index (χ1v) is 10.0. The van der Waals surface area contributed by atoms with E-state index in [4.69, 9.17) is 4.74 Å². The number of rotatable bonds is 5. The van der Waals surface area contributed by atoms with Crippen LogP contribution in [0.3, 0.4) is 0 Å². The third-order valence-corrected chi connectivity index (χ3v) is 5.87. The number of halogens is 1. The molecular weight excluding hydrogens is 378 g/mol. The molecular formula is C21H32ClN3O3. The van der Waals surface area contributed by atoms with Crippen LogP contribution in [0.1, 0.15) is 36.5 Å². The lowest BCUT2D eigenvalue weighted by Gasteiger charge is -2.36. The van der Waals surface area contributed by atoms with Crippen LogP contribution >= 0.6 is 12.4 Å². The minimum Gasteiger partial charge on any atom is -0.497 e. The number of benzene rings is 1. The summed E-state index contributed by atoms with van der Waals surface area (Å²) >= 11 is 0. The highest BCUT2D eigenvalue weighted by Crippen LogP contribution is 2.23. The molecule has 0 radical (unpaired) electrons. The Bertz CT molecular complexity index is 656. The highest BCUT2D eigenvalue weighted by Gasteiger charge is 2.28. The van der Waals surface area contributed by atoms with E-state index in [1.807, 2.05) is 28.0 Å². The predicted molar refractivity (Wildman–Crippen MR) is 112 cm³/mol. The molecule has 2 unspecified atom stereocenters. The standard InChI is InChI=1S/C21H31N3O3.ClH/c1-16(18-6-4-8-22-15-18)13-20(25)23-9-11-24(12-10-23)21(26)17-5-3-7-19(14-17)27-2;/h3,5,7,14,16,18,22H,4,6,8-13,15H2,1-2H3;1H. The molecule has 0 aromatic heterocycles. The van der Waals surface area contributed by atoms with E-state index in [0.717, 1.165) is 13.1 Å². The van der Waals surface area contributed by atoms with E-state index in [-0.39, 0.29) is 24.2 Å². The molecule has 7 heteroatoms. The van der Waals surface area contributed by atoms with Crippen LogP contribution in [0.2, 0.25) is 0 Å². The first-order chi connectivity index (χ1) is 13.1. The number of piperazine rings is 1. The molecule has 2 atom stereocenters. The zero-order valence-electron chi connectivity index (χ0n) is 16.9. The van der Waals surface area contributed by atoms with Crippen LogP contribution in [0.15, 0.2) is 24.3 Å². The van der Waals surface area contributed by atoms with Crippen molar-refractivity contribution in [2.75, 3.05) is 46.4 Å². The predicted octanol–water partition coefficient (Wildman–Crippen LogP) is 2.43. The van der Waals surface area contributed by atoms with Crippen molar-refractivity contribution in [3.63, 3.8) is 0 Å². The van der Waals surface area contributed by atoms with Crippen molar-refractivity contribution in [3.05, 3.63) is 29.8 Å². The second kappa shape index (κ2) is 10.7. The van der Waals surface area contributed by atoms with Gasteiger partial charge in [-0.25, -0.2) is 0 Å². The van der Waals surface area contributed by atoms with Gasteiger partial charge in [0.2, 0.25) is 5.91 Å². The van der Waals surface area contributed by atoms with Crippen LogP contribution in [-0.4, -0.2) is 68.0 Å². The third kappa shape index (κ3) is 5.61. The maximum Gasteiger partial charge on any atom is 0.254 e. The molecule has 2 saturated heterocycles. The zero-order chi connectivity index (χ0) is 19.2. The molecule has 0 bridgehead atoms. The summed E-state index contributed by atoms with van der Waals surface area (Å²) < 4.78 is 5.20. The lowest BCUT2D eigenvalue weighted by atomic mass is 9.85. The van der Waals surface area contributed by atoms with E-state index >= 15 is 0 Å². The summed E-state index contributed by atoms with van der Waals surface area (Å²) in [5.41, 5.74) is 0.632. The van der Waals surface area contributed by atoms with Crippen LogP contribution < -0.4 is 10.1 Å². The summed E-state index contributed by atoms with van der Waals surface area (Å²) in [6.07, 6.45) is 3.02. The Hall–Kier alpha value is -1.79. The molecule has 156 valence electrons. The molecule has 2 fully saturated rings. The average molecular weight is 410 g/mol. The highest BCUT2D eigenvalue weighted by atomic mass is 35.5. The van der Waals surface area contributed by atoms with Gasteiger partial charge in [-0.15, -0.1) is 12.4 Å². The van der Waals surface area contributed by atoms with E-state index in [1.165, 1.54) is 12.8 Å². The molecule has 0 spiro atoms. The molecule has 2 aliphatic heterocycles. The summed E-state index contributed by atoms with van der Waals surface area (Å²) in [4.78, 5) is 29.1. The molecule has 28 heavy (non-hydrogen) atoms. The number of nitrogens with zero attached hydrogens (tertiary/aromatic N) is 2. The van der Waals surface area contributed by atoms with Crippen LogP contribution in [0.25, 0.3) is 0 Å². The summed E-state index contributed by atoms with van der Waals surface area (Å²) in [7, 11) is 1.60. The van der Waals surface area contributed by atoms with Gasteiger partial charge in [-0.2, -0.15) is 0 Å². The summed E-state index contributed by atoms with van der Waals surface area (Å²) in [5, 5.41) is 3.43. The number of hydrogen-bond donors (Lipinski definition) is 1. The number of ether oxygens (including phenoxy) is 1. The van der Waals surface area contributed by atoms with Gasteiger partial charge in [-0.05, 0) is 56.0 Å². The van der Waals surface area contributed by atoms with Crippen LogP contribution in [0.4, 0.5) is 0 Å². The monoisotopic (exact) mass is 409 g/mol. The van der Waals surface area contributed by atoms with E-state index in [2.05, 4.69) is 12.2 Å². The number of methoxy groups -OCH3 is 1. The quantitative estimate of drug-likeness (QED) is 0.811. The molecule has 2 aliphatic rings. The van der Waals surface area contributed by atoms with Gasteiger partial charge in [0.25, 0.3) is 5.91 Å². The number of carbonyl (C=O) groups is 2. The Labute approximate surface area is 174 Å². The molecule has 0 aliphatic carbocycles. The molecule has 3 rings (SSSR count). The second-order valence-corrected chi connectivity index (χ2v) is 7.69. The van der Waals surface area contributed by atoms with E-state index in [9.17, 15) is 9.59 Å². The molecule has 1 N–H and O–H groups in total. The van der Waals surface area contributed by atoms with Gasteiger partial charge in [0, 0.05) is 38.2 Å². The number of nitrogens with one attached hydrogen (secondary N) is 1. The molecule has 1 aromatic carbocycles. The molecule has 2 heterocycles. The van der Waals surface area contributed by atoms with Gasteiger partial charge < -0.3 is 19.9 Å². The van der Waals surface area contributed by atoms with Crippen molar-refractivity contribution in [1.29, 1.82) is 0 Å². The van der Waals surface area contributed by atoms with Gasteiger partial charge in [0.15, 0.2) is 0 Å². The second-order valence-electron chi connectivity index (χ2n) is 7.69. The Kier molecular flexibility index (Phi) is 8.58.